The van der Waals surface area contributed by atoms with Crippen molar-refractivity contribution in [2.75, 3.05) is 0 Å². The number of rotatable bonds is 2. The molecule has 0 unspecified atom stereocenters. The van der Waals surface area contributed by atoms with E-state index < -0.39 is 17.3 Å². The number of halogens is 3. The number of thiophene rings is 1. The third-order valence-corrected chi connectivity index (χ3v) is 5.18. The molecule has 136 valence electrons. The molecule has 0 amide bonds. The number of aromatic hydroxyl groups is 1. The Balaban J connectivity index is 1.99. The standard InChI is InChI=1S/C20H12F3NO2S/c21-20(22,23)13-8-4-7-12(9-13)15-17(25)16-14(11-5-2-1-3-6-11)10-27-19(16)24-18(15)26/h1-10H,(H2,24,25,26). The van der Waals surface area contributed by atoms with E-state index in [-0.39, 0.29) is 16.9 Å². The van der Waals surface area contributed by atoms with Gasteiger partial charge in [0.25, 0.3) is 5.56 Å². The van der Waals surface area contributed by atoms with Gasteiger partial charge in [0, 0.05) is 10.9 Å². The van der Waals surface area contributed by atoms with Gasteiger partial charge in [-0.3, -0.25) is 4.79 Å². The van der Waals surface area contributed by atoms with Gasteiger partial charge in [0.1, 0.15) is 10.6 Å². The highest BCUT2D eigenvalue weighted by Crippen LogP contribution is 2.42. The Bertz CT molecular complexity index is 1190. The Labute approximate surface area is 155 Å². The molecule has 0 bridgehead atoms. The Morgan fingerprint density at radius 1 is 0.963 bits per heavy atom. The number of H-pyrrole nitrogens is 1. The molecule has 0 aliphatic rings. The summed E-state index contributed by atoms with van der Waals surface area (Å²) >= 11 is 1.25. The molecule has 0 saturated heterocycles. The molecule has 2 N–H and O–H groups in total. The Hall–Kier alpha value is -3.06. The van der Waals surface area contributed by atoms with E-state index in [1.54, 1.807) is 5.38 Å². The third kappa shape index (κ3) is 3.00. The number of aromatic amines is 1. The van der Waals surface area contributed by atoms with Crippen LogP contribution in [-0.4, -0.2) is 10.1 Å². The van der Waals surface area contributed by atoms with Crippen molar-refractivity contribution in [3.63, 3.8) is 0 Å². The van der Waals surface area contributed by atoms with Gasteiger partial charge in [0.15, 0.2) is 0 Å². The number of alkyl halides is 3. The Morgan fingerprint density at radius 3 is 2.37 bits per heavy atom. The van der Waals surface area contributed by atoms with Crippen LogP contribution in [0.2, 0.25) is 0 Å². The van der Waals surface area contributed by atoms with Crippen LogP contribution < -0.4 is 5.56 Å². The molecule has 3 nitrogen and oxygen atoms in total. The first-order valence-electron chi connectivity index (χ1n) is 7.96. The number of pyridine rings is 1. The zero-order valence-electron chi connectivity index (χ0n) is 13.7. The lowest BCUT2D eigenvalue weighted by atomic mass is 9.99. The van der Waals surface area contributed by atoms with Gasteiger partial charge < -0.3 is 10.1 Å². The van der Waals surface area contributed by atoms with Gasteiger partial charge in [0.05, 0.1) is 16.5 Å². The smallest absolute Gasteiger partial charge is 0.416 e. The molecule has 7 heteroatoms. The summed E-state index contributed by atoms with van der Waals surface area (Å²) < 4.78 is 39.1. The summed E-state index contributed by atoms with van der Waals surface area (Å²) in [5.74, 6) is -0.326. The van der Waals surface area contributed by atoms with Crippen LogP contribution in [0.3, 0.4) is 0 Å². The molecule has 2 aromatic heterocycles. The Kier molecular flexibility index (Phi) is 4.04. The van der Waals surface area contributed by atoms with E-state index in [0.29, 0.717) is 15.8 Å². The first-order valence-corrected chi connectivity index (χ1v) is 8.83. The average Bonchev–Trinajstić information content (AvgIpc) is 3.06. The SMILES string of the molecule is O=c1[nH]c2scc(-c3ccccc3)c2c(O)c1-c1cccc(C(F)(F)F)c1. The fourth-order valence-corrected chi connectivity index (χ4v) is 4.00. The van der Waals surface area contributed by atoms with E-state index in [1.165, 1.54) is 23.5 Å². The van der Waals surface area contributed by atoms with E-state index in [9.17, 15) is 23.1 Å². The lowest BCUT2D eigenvalue weighted by Crippen LogP contribution is -2.10. The maximum Gasteiger partial charge on any atom is 0.416 e. The third-order valence-electron chi connectivity index (χ3n) is 4.28. The van der Waals surface area contributed by atoms with Gasteiger partial charge >= 0.3 is 6.18 Å². The second-order valence-corrected chi connectivity index (χ2v) is 6.86. The van der Waals surface area contributed by atoms with Gasteiger partial charge in [-0.05, 0) is 23.3 Å². The fraction of sp³-hybridized carbons (Fsp3) is 0.0500. The highest BCUT2D eigenvalue weighted by atomic mass is 32.1. The monoisotopic (exact) mass is 387 g/mol. The number of hydrogen-bond acceptors (Lipinski definition) is 3. The van der Waals surface area contributed by atoms with E-state index in [2.05, 4.69) is 4.98 Å². The molecule has 0 aliphatic carbocycles. The van der Waals surface area contributed by atoms with Gasteiger partial charge in [-0.1, -0.05) is 42.5 Å². The summed E-state index contributed by atoms with van der Waals surface area (Å²) in [5.41, 5.74) is -0.146. The van der Waals surface area contributed by atoms with E-state index in [4.69, 9.17) is 0 Å². The summed E-state index contributed by atoms with van der Waals surface area (Å²) in [6, 6.07) is 13.6. The molecule has 2 aromatic carbocycles. The maximum absolute atomic E-state index is 13.0. The molecule has 0 saturated carbocycles. The van der Waals surface area contributed by atoms with Crippen LogP contribution in [0.1, 0.15) is 5.56 Å². The van der Waals surface area contributed by atoms with Gasteiger partial charge in [-0.2, -0.15) is 13.2 Å². The zero-order chi connectivity index (χ0) is 19.2. The molecule has 2 heterocycles. The quantitative estimate of drug-likeness (QED) is 0.467. The minimum Gasteiger partial charge on any atom is -0.506 e. The average molecular weight is 387 g/mol. The summed E-state index contributed by atoms with van der Waals surface area (Å²) in [5, 5.41) is 13.0. The Morgan fingerprint density at radius 2 is 1.67 bits per heavy atom. The van der Waals surface area contributed by atoms with Crippen molar-refractivity contribution in [3.8, 4) is 28.0 Å². The number of benzene rings is 2. The number of aromatic nitrogens is 1. The summed E-state index contributed by atoms with van der Waals surface area (Å²) in [7, 11) is 0. The summed E-state index contributed by atoms with van der Waals surface area (Å²) in [4.78, 5) is 15.6. The number of hydrogen-bond donors (Lipinski definition) is 2. The number of nitrogens with one attached hydrogen (secondary N) is 1. The predicted molar refractivity (Wildman–Crippen MR) is 100.0 cm³/mol. The highest BCUT2D eigenvalue weighted by Gasteiger charge is 2.31. The highest BCUT2D eigenvalue weighted by molar-refractivity contribution is 7.17. The first kappa shape index (κ1) is 17.4. The van der Waals surface area contributed by atoms with Crippen molar-refractivity contribution in [1.29, 1.82) is 0 Å². The van der Waals surface area contributed by atoms with Crippen molar-refractivity contribution in [2.24, 2.45) is 0 Å². The lowest BCUT2D eigenvalue weighted by molar-refractivity contribution is -0.137. The van der Waals surface area contributed by atoms with Crippen LogP contribution in [0.15, 0.2) is 64.8 Å². The van der Waals surface area contributed by atoms with Crippen molar-refractivity contribution < 1.29 is 18.3 Å². The van der Waals surface area contributed by atoms with Gasteiger partial charge in [-0.15, -0.1) is 11.3 Å². The summed E-state index contributed by atoms with van der Waals surface area (Å²) in [6.07, 6.45) is -4.54. The largest absolute Gasteiger partial charge is 0.506 e. The van der Waals surface area contributed by atoms with Crippen LogP contribution in [-0.2, 0) is 6.18 Å². The molecule has 4 aromatic rings. The van der Waals surface area contributed by atoms with Gasteiger partial charge in [0.2, 0.25) is 0 Å². The molecular formula is C20H12F3NO2S. The van der Waals surface area contributed by atoms with E-state index >= 15 is 0 Å². The molecule has 0 spiro atoms. The van der Waals surface area contributed by atoms with Crippen LogP contribution >= 0.6 is 11.3 Å². The second-order valence-electron chi connectivity index (χ2n) is 5.98. The molecule has 0 fully saturated rings. The van der Waals surface area contributed by atoms with E-state index in [1.807, 2.05) is 30.3 Å². The van der Waals surface area contributed by atoms with Gasteiger partial charge in [-0.25, -0.2) is 0 Å². The molecular weight excluding hydrogens is 375 g/mol. The lowest BCUT2D eigenvalue weighted by Gasteiger charge is -2.10. The van der Waals surface area contributed by atoms with Crippen LogP contribution in [0, 0.1) is 0 Å². The van der Waals surface area contributed by atoms with Crippen molar-refractivity contribution in [3.05, 3.63) is 75.9 Å². The van der Waals surface area contributed by atoms with Crippen LogP contribution in [0.25, 0.3) is 32.5 Å². The second kappa shape index (κ2) is 6.28. The minimum absolute atomic E-state index is 0.00990. The van der Waals surface area contributed by atoms with E-state index in [0.717, 1.165) is 17.7 Å². The fourth-order valence-electron chi connectivity index (χ4n) is 3.03. The molecule has 0 radical (unpaired) electrons. The summed E-state index contributed by atoms with van der Waals surface area (Å²) in [6.45, 7) is 0. The van der Waals surface area contributed by atoms with Crippen molar-refractivity contribution in [1.82, 2.24) is 4.98 Å². The minimum atomic E-state index is -4.54. The maximum atomic E-state index is 13.0. The van der Waals surface area contributed by atoms with Crippen molar-refractivity contribution in [2.45, 2.75) is 6.18 Å². The zero-order valence-corrected chi connectivity index (χ0v) is 14.5. The van der Waals surface area contributed by atoms with Crippen molar-refractivity contribution >= 4 is 21.6 Å². The predicted octanol–water partition coefficient (Wildman–Crippen LogP) is 5.65. The van der Waals surface area contributed by atoms with Crippen LogP contribution in [0.4, 0.5) is 13.2 Å². The molecule has 0 aliphatic heterocycles. The molecule has 27 heavy (non-hydrogen) atoms. The molecule has 4 rings (SSSR count). The normalized spacial score (nSPS) is 11.8. The first-order chi connectivity index (χ1) is 12.9. The topological polar surface area (TPSA) is 53.1 Å². The van der Waals surface area contributed by atoms with Crippen LogP contribution in [0.5, 0.6) is 5.75 Å². The molecule has 0 atom stereocenters. The number of fused-ring (bicyclic) bond motifs is 1.